The van der Waals surface area contributed by atoms with E-state index in [-0.39, 0.29) is 6.42 Å². The molecule has 0 bridgehead atoms. The lowest BCUT2D eigenvalue weighted by Gasteiger charge is -2.04. The van der Waals surface area contributed by atoms with Crippen molar-refractivity contribution < 1.29 is 8.78 Å². The summed E-state index contributed by atoms with van der Waals surface area (Å²) in [6.07, 6.45) is 0.279. The molecular weight excluding hydrogens is 210 g/mol. The zero-order valence-electron chi connectivity index (χ0n) is 9.50. The molecule has 0 saturated carbocycles. The summed E-state index contributed by atoms with van der Waals surface area (Å²) in [5.74, 6) is -0.361. The first-order valence-electron chi connectivity index (χ1n) is 5.21. The molecule has 0 saturated heterocycles. The van der Waals surface area contributed by atoms with Crippen molar-refractivity contribution in [2.75, 3.05) is 6.54 Å². The monoisotopic (exact) mass is 226 g/mol. The summed E-state index contributed by atoms with van der Waals surface area (Å²) in [6.45, 7) is 4.68. The fourth-order valence-corrected chi connectivity index (χ4v) is 1.28. The van der Waals surface area contributed by atoms with Crippen molar-refractivity contribution >= 4 is 5.84 Å². The molecule has 16 heavy (non-hydrogen) atoms. The summed E-state index contributed by atoms with van der Waals surface area (Å²) in [4.78, 5) is 4.13. The Morgan fingerprint density at radius 2 is 1.81 bits per heavy atom. The zero-order chi connectivity index (χ0) is 12.1. The maximum atomic E-state index is 12.9. The fraction of sp³-hybridized carbons (Fsp3) is 0.417. The number of amidine groups is 1. The van der Waals surface area contributed by atoms with Gasteiger partial charge in [0, 0.05) is 19.0 Å². The first-order valence-corrected chi connectivity index (χ1v) is 5.21. The van der Waals surface area contributed by atoms with Gasteiger partial charge in [0.25, 0.3) is 0 Å². The molecule has 0 aliphatic rings. The second kappa shape index (κ2) is 5.58. The molecule has 0 fully saturated rings. The number of halogens is 2. The molecule has 1 aromatic carbocycles. The fourth-order valence-electron chi connectivity index (χ4n) is 1.28. The maximum Gasteiger partial charge on any atom is 0.126 e. The van der Waals surface area contributed by atoms with Crippen LogP contribution < -0.4 is 5.73 Å². The summed E-state index contributed by atoms with van der Waals surface area (Å²) >= 11 is 0. The quantitative estimate of drug-likeness (QED) is 0.621. The molecule has 0 aliphatic carbocycles. The molecule has 0 spiro atoms. The number of hydrogen-bond donors (Lipinski definition) is 1. The van der Waals surface area contributed by atoms with Gasteiger partial charge in [0.15, 0.2) is 0 Å². The van der Waals surface area contributed by atoms with Crippen molar-refractivity contribution in [2.45, 2.75) is 20.3 Å². The van der Waals surface area contributed by atoms with E-state index in [9.17, 15) is 8.78 Å². The van der Waals surface area contributed by atoms with Gasteiger partial charge in [0.2, 0.25) is 0 Å². The summed E-state index contributed by atoms with van der Waals surface area (Å²) in [5.41, 5.74) is 6.16. The van der Waals surface area contributed by atoms with Crippen molar-refractivity contribution in [3.63, 3.8) is 0 Å². The van der Waals surface area contributed by atoms with Crippen LogP contribution in [0.2, 0.25) is 0 Å². The van der Waals surface area contributed by atoms with E-state index in [2.05, 4.69) is 4.99 Å². The van der Waals surface area contributed by atoms with Crippen LogP contribution in [0.3, 0.4) is 0 Å². The summed E-state index contributed by atoms with van der Waals surface area (Å²) in [5, 5.41) is 0. The van der Waals surface area contributed by atoms with Gasteiger partial charge >= 0.3 is 0 Å². The van der Waals surface area contributed by atoms with Gasteiger partial charge in [-0.3, -0.25) is 4.99 Å². The molecule has 0 aliphatic heterocycles. The normalized spacial score (nSPS) is 12.2. The van der Waals surface area contributed by atoms with Gasteiger partial charge in [-0.05, 0) is 23.6 Å². The van der Waals surface area contributed by atoms with E-state index >= 15 is 0 Å². The van der Waals surface area contributed by atoms with E-state index in [0.29, 0.717) is 23.9 Å². The Morgan fingerprint density at radius 3 is 2.31 bits per heavy atom. The number of rotatable bonds is 4. The van der Waals surface area contributed by atoms with Gasteiger partial charge < -0.3 is 5.73 Å². The summed E-state index contributed by atoms with van der Waals surface area (Å²) in [7, 11) is 0. The summed E-state index contributed by atoms with van der Waals surface area (Å²) < 4.78 is 25.7. The third-order valence-electron chi connectivity index (χ3n) is 1.97. The van der Waals surface area contributed by atoms with Gasteiger partial charge in [-0.1, -0.05) is 13.8 Å². The zero-order valence-corrected chi connectivity index (χ0v) is 9.50. The molecule has 0 radical (unpaired) electrons. The molecule has 1 aromatic rings. The first-order chi connectivity index (χ1) is 7.47. The largest absolute Gasteiger partial charge is 0.387 e. The third kappa shape index (κ3) is 4.38. The highest BCUT2D eigenvalue weighted by molar-refractivity contribution is 5.82. The SMILES string of the molecule is CC(C)CN=C(N)Cc1cc(F)cc(F)c1. The average molecular weight is 226 g/mol. The number of aliphatic imine (C=N–C) groups is 1. The van der Waals surface area contributed by atoms with Crippen LogP contribution in [-0.4, -0.2) is 12.4 Å². The molecule has 0 heterocycles. The second-order valence-electron chi connectivity index (χ2n) is 4.18. The van der Waals surface area contributed by atoms with Crippen LogP contribution in [-0.2, 0) is 6.42 Å². The molecule has 88 valence electrons. The second-order valence-corrected chi connectivity index (χ2v) is 4.18. The molecule has 1 rings (SSSR count). The van der Waals surface area contributed by atoms with Gasteiger partial charge in [-0.2, -0.15) is 0 Å². The van der Waals surface area contributed by atoms with Crippen LogP contribution >= 0.6 is 0 Å². The van der Waals surface area contributed by atoms with E-state index in [1.807, 2.05) is 13.8 Å². The van der Waals surface area contributed by atoms with Crippen LogP contribution in [0.1, 0.15) is 19.4 Å². The molecule has 0 unspecified atom stereocenters. The Hall–Kier alpha value is -1.45. The number of hydrogen-bond acceptors (Lipinski definition) is 1. The molecule has 0 amide bonds. The number of nitrogens with zero attached hydrogens (tertiary/aromatic N) is 1. The Balaban J connectivity index is 2.69. The molecule has 2 nitrogen and oxygen atoms in total. The maximum absolute atomic E-state index is 12.9. The van der Waals surface area contributed by atoms with Crippen LogP contribution in [0.5, 0.6) is 0 Å². The minimum Gasteiger partial charge on any atom is -0.387 e. The lowest BCUT2D eigenvalue weighted by molar-refractivity contribution is 0.581. The molecule has 4 heteroatoms. The van der Waals surface area contributed by atoms with E-state index < -0.39 is 11.6 Å². The van der Waals surface area contributed by atoms with Gasteiger partial charge in [0.05, 0.1) is 5.84 Å². The van der Waals surface area contributed by atoms with Gasteiger partial charge in [0.1, 0.15) is 11.6 Å². The lowest BCUT2D eigenvalue weighted by Crippen LogP contribution is -2.16. The van der Waals surface area contributed by atoms with Crippen LogP contribution in [0.15, 0.2) is 23.2 Å². The van der Waals surface area contributed by atoms with Crippen molar-refractivity contribution in [1.29, 1.82) is 0 Å². The van der Waals surface area contributed by atoms with Crippen molar-refractivity contribution in [1.82, 2.24) is 0 Å². The highest BCUT2D eigenvalue weighted by Gasteiger charge is 2.02. The van der Waals surface area contributed by atoms with E-state index in [4.69, 9.17) is 5.73 Å². The predicted octanol–water partition coefficient (Wildman–Crippen LogP) is 2.52. The van der Waals surface area contributed by atoms with E-state index in [0.717, 1.165) is 6.07 Å². The standard InChI is InChI=1S/C12H16F2N2/c1-8(2)7-16-12(15)5-9-3-10(13)6-11(14)4-9/h3-4,6,8H,5,7H2,1-2H3,(H2,15,16). The average Bonchev–Trinajstić information content (AvgIpc) is 2.12. The topological polar surface area (TPSA) is 38.4 Å². The van der Waals surface area contributed by atoms with Crippen LogP contribution in [0.25, 0.3) is 0 Å². The number of benzene rings is 1. The van der Waals surface area contributed by atoms with Gasteiger partial charge in [-0.25, -0.2) is 8.78 Å². The summed E-state index contributed by atoms with van der Waals surface area (Å²) in [6, 6.07) is 3.37. The van der Waals surface area contributed by atoms with Gasteiger partial charge in [-0.15, -0.1) is 0 Å². The van der Waals surface area contributed by atoms with Crippen LogP contribution in [0, 0.1) is 17.6 Å². The highest BCUT2D eigenvalue weighted by Crippen LogP contribution is 2.08. The third-order valence-corrected chi connectivity index (χ3v) is 1.97. The van der Waals surface area contributed by atoms with Crippen molar-refractivity contribution in [2.24, 2.45) is 16.6 Å². The Morgan fingerprint density at radius 1 is 1.25 bits per heavy atom. The van der Waals surface area contributed by atoms with E-state index in [1.165, 1.54) is 12.1 Å². The van der Waals surface area contributed by atoms with Crippen LogP contribution in [0.4, 0.5) is 8.78 Å². The first kappa shape index (κ1) is 12.6. The molecular formula is C12H16F2N2. The molecule has 0 aromatic heterocycles. The smallest absolute Gasteiger partial charge is 0.126 e. The number of nitrogens with two attached hydrogens (primary N) is 1. The van der Waals surface area contributed by atoms with Crippen molar-refractivity contribution in [3.8, 4) is 0 Å². The molecule has 0 atom stereocenters. The minimum absolute atomic E-state index is 0.279. The lowest BCUT2D eigenvalue weighted by atomic mass is 10.1. The Bertz CT molecular complexity index is 366. The van der Waals surface area contributed by atoms with Crippen molar-refractivity contribution in [3.05, 3.63) is 35.4 Å². The minimum atomic E-state index is -0.591. The molecule has 2 N–H and O–H groups in total. The van der Waals surface area contributed by atoms with E-state index in [1.54, 1.807) is 0 Å². The Kier molecular flexibility index (Phi) is 4.40. The predicted molar refractivity (Wildman–Crippen MR) is 61.4 cm³/mol. The Labute approximate surface area is 94.2 Å². The highest BCUT2D eigenvalue weighted by atomic mass is 19.1.